The molecule has 2 aromatic rings. The summed E-state index contributed by atoms with van der Waals surface area (Å²) < 4.78 is 25.4. The first-order chi connectivity index (χ1) is 15.6. The molecule has 0 spiro atoms. The van der Waals surface area contributed by atoms with E-state index in [2.05, 4.69) is 15.2 Å². The van der Waals surface area contributed by atoms with Gasteiger partial charge >= 0.3 is 0 Å². The van der Waals surface area contributed by atoms with Crippen LogP contribution in [0.25, 0.3) is 6.08 Å². The maximum atomic E-state index is 14.4. The van der Waals surface area contributed by atoms with Gasteiger partial charge in [0.2, 0.25) is 5.91 Å². The fourth-order valence-corrected chi connectivity index (χ4v) is 4.57. The van der Waals surface area contributed by atoms with Crippen LogP contribution >= 0.6 is 0 Å². The topological polar surface area (TPSA) is 63.7 Å². The number of morpholine rings is 1. The van der Waals surface area contributed by atoms with Crippen molar-refractivity contribution in [2.75, 3.05) is 32.8 Å². The van der Waals surface area contributed by atoms with E-state index in [1.807, 2.05) is 0 Å². The highest BCUT2D eigenvalue weighted by Crippen LogP contribution is 2.34. The van der Waals surface area contributed by atoms with Gasteiger partial charge < -0.3 is 14.8 Å². The van der Waals surface area contributed by atoms with E-state index in [-0.39, 0.29) is 17.2 Å². The van der Waals surface area contributed by atoms with Crippen molar-refractivity contribution in [1.29, 1.82) is 0 Å². The largest absolute Gasteiger partial charge is 0.453 e. The van der Waals surface area contributed by atoms with E-state index in [4.69, 9.17) is 9.47 Å². The second-order valence-corrected chi connectivity index (χ2v) is 8.42. The van der Waals surface area contributed by atoms with Crippen LogP contribution in [-0.4, -0.2) is 54.2 Å². The highest BCUT2D eigenvalue weighted by atomic mass is 19.1. The summed E-state index contributed by atoms with van der Waals surface area (Å²) in [6, 6.07) is 8.05. The molecule has 1 aromatic carbocycles. The van der Waals surface area contributed by atoms with E-state index in [0.29, 0.717) is 17.9 Å². The van der Waals surface area contributed by atoms with Gasteiger partial charge in [-0.05, 0) is 48.7 Å². The third kappa shape index (κ3) is 5.72. The first kappa shape index (κ1) is 22.4. The third-order valence-electron chi connectivity index (χ3n) is 6.30. The molecule has 0 bridgehead atoms. The van der Waals surface area contributed by atoms with Crippen LogP contribution in [0.4, 0.5) is 4.39 Å². The van der Waals surface area contributed by atoms with Crippen LogP contribution in [0, 0.1) is 5.82 Å². The number of benzene rings is 1. The number of nitrogens with zero attached hydrogens (tertiary/aromatic N) is 2. The van der Waals surface area contributed by atoms with Crippen LogP contribution in [0.1, 0.15) is 37.7 Å². The summed E-state index contributed by atoms with van der Waals surface area (Å²) >= 11 is 0. The zero-order valence-electron chi connectivity index (χ0n) is 18.3. The van der Waals surface area contributed by atoms with Crippen LogP contribution in [0.15, 0.2) is 48.8 Å². The standard InChI is InChI=1S/C25H30FN3O3/c26-22-17-20(6-8-23(22)32-21-5-4-12-27-18-21)7-9-24(30)28-19-25(10-2-1-3-11-25)29-13-15-31-16-14-29/h4-9,12,17-18H,1-3,10-11,13-16,19H2,(H,28,30)/b9-7+. The highest BCUT2D eigenvalue weighted by molar-refractivity contribution is 5.91. The van der Waals surface area contributed by atoms with Crippen LogP contribution in [0.3, 0.4) is 0 Å². The van der Waals surface area contributed by atoms with Gasteiger partial charge in [-0.25, -0.2) is 4.39 Å². The normalized spacial score (nSPS) is 19.0. The molecule has 32 heavy (non-hydrogen) atoms. The summed E-state index contributed by atoms with van der Waals surface area (Å²) in [7, 11) is 0. The van der Waals surface area contributed by atoms with Crippen molar-refractivity contribution in [3.8, 4) is 11.5 Å². The lowest BCUT2D eigenvalue weighted by molar-refractivity contribution is -0.117. The lowest BCUT2D eigenvalue weighted by atomic mass is 9.79. The van der Waals surface area contributed by atoms with Gasteiger partial charge in [-0.2, -0.15) is 0 Å². The number of hydrogen-bond donors (Lipinski definition) is 1. The Bertz CT molecular complexity index is 923. The van der Waals surface area contributed by atoms with Gasteiger partial charge in [-0.3, -0.25) is 14.7 Å². The number of ether oxygens (including phenoxy) is 2. The summed E-state index contributed by atoms with van der Waals surface area (Å²) in [5.74, 6) is -0.0838. The van der Waals surface area contributed by atoms with Crippen LogP contribution in [0.5, 0.6) is 11.5 Å². The lowest BCUT2D eigenvalue weighted by Gasteiger charge is -2.48. The quantitative estimate of drug-likeness (QED) is 0.656. The van der Waals surface area contributed by atoms with Gasteiger partial charge in [0, 0.05) is 37.4 Å². The smallest absolute Gasteiger partial charge is 0.244 e. The second-order valence-electron chi connectivity index (χ2n) is 8.42. The van der Waals surface area contributed by atoms with Crippen LogP contribution < -0.4 is 10.1 Å². The van der Waals surface area contributed by atoms with E-state index >= 15 is 0 Å². The minimum Gasteiger partial charge on any atom is -0.453 e. The monoisotopic (exact) mass is 439 g/mol. The molecule has 0 unspecified atom stereocenters. The zero-order chi connectivity index (χ0) is 22.2. The van der Waals surface area contributed by atoms with Gasteiger partial charge in [-0.15, -0.1) is 0 Å². The number of carbonyl (C=O) groups excluding carboxylic acids is 1. The summed E-state index contributed by atoms with van der Waals surface area (Å²) in [6.45, 7) is 3.96. The van der Waals surface area contributed by atoms with E-state index in [1.54, 1.807) is 36.5 Å². The molecular weight excluding hydrogens is 409 g/mol. The van der Waals surface area contributed by atoms with Crippen LogP contribution in [0.2, 0.25) is 0 Å². The first-order valence-electron chi connectivity index (χ1n) is 11.3. The van der Waals surface area contributed by atoms with Crippen molar-refractivity contribution < 1.29 is 18.7 Å². The number of amides is 1. The Morgan fingerprint density at radius 1 is 1.22 bits per heavy atom. The number of nitrogens with one attached hydrogen (secondary N) is 1. The number of aromatic nitrogens is 1. The van der Waals surface area contributed by atoms with Crippen molar-refractivity contribution in [3.05, 3.63) is 60.2 Å². The fourth-order valence-electron chi connectivity index (χ4n) is 4.57. The SMILES string of the molecule is O=C(/C=C/c1ccc(Oc2cccnc2)c(F)c1)NCC1(N2CCOCC2)CCCCC1. The number of hydrogen-bond acceptors (Lipinski definition) is 5. The van der Waals surface area contributed by atoms with E-state index in [0.717, 1.165) is 39.1 Å². The zero-order valence-corrected chi connectivity index (χ0v) is 18.3. The average molecular weight is 440 g/mol. The first-order valence-corrected chi connectivity index (χ1v) is 11.3. The molecule has 1 saturated carbocycles. The van der Waals surface area contributed by atoms with Crippen molar-refractivity contribution in [2.45, 2.75) is 37.6 Å². The number of rotatable bonds is 7. The molecule has 1 aliphatic heterocycles. The van der Waals surface area contributed by atoms with Gasteiger partial charge in [0.15, 0.2) is 11.6 Å². The van der Waals surface area contributed by atoms with E-state index in [9.17, 15) is 9.18 Å². The summed E-state index contributed by atoms with van der Waals surface area (Å²) in [5, 5.41) is 3.09. The molecule has 2 fully saturated rings. The van der Waals surface area contributed by atoms with Crippen molar-refractivity contribution in [2.24, 2.45) is 0 Å². The molecule has 0 atom stereocenters. The number of pyridine rings is 1. The Labute approximate surface area is 188 Å². The minimum absolute atomic E-state index is 0.0168. The molecule has 1 saturated heterocycles. The molecule has 170 valence electrons. The molecule has 1 N–H and O–H groups in total. The van der Waals surface area contributed by atoms with Gasteiger partial charge in [0.1, 0.15) is 5.75 Å². The predicted molar refractivity (Wildman–Crippen MR) is 121 cm³/mol. The van der Waals surface area contributed by atoms with Crippen molar-refractivity contribution >= 4 is 12.0 Å². The van der Waals surface area contributed by atoms with Crippen molar-refractivity contribution in [1.82, 2.24) is 15.2 Å². The van der Waals surface area contributed by atoms with Crippen LogP contribution in [-0.2, 0) is 9.53 Å². The molecule has 1 amide bonds. The summed E-state index contributed by atoms with van der Waals surface area (Å²) in [6.07, 6.45) is 12.1. The Hall–Kier alpha value is -2.77. The maximum Gasteiger partial charge on any atom is 0.244 e. The Morgan fingerprint density at radius 3 is 2.75 bits per heavy atom. The number of carbonyl (C=O) groups is 1. The Morgan fingerprint density at radius 2 is 2.03 bits per heavy atom. The number of halogens is 1. The minimum atomic E-state index is -0.495. The van der Waals surface area contributed by atoms with E-state index < -0.39 is 5.82 Å². The van der Waals surface area contributed by atoms with Gasteiger partial charge in [0.25, 0.3) is 0 Å². The molecular formula is C25H30FN3O3. The second kappa shape index (κ2) is 10.7. The predicted octanol–water partition coefficient (Wildman–Crippen LogP) is 4.18. The van der Waals surface area contributed by atoms with Crippen molar-refractivity contribution in [3.63, 3.8) is 0 Å². The molecule has 1 aromatic heterocycles. The molecule has 0 radical (unpaired) electrons. The summed E-state index contributed by atoms with van der Waals surface area (Å²) in [4.78, 5) is 19.0. The lowest BCUT2D eigenvalue weighted by Crippen LogP contribution is -2.59. The van der Waals surface area contributed by atoms with Gasteiger partial charge in [-0.1, -0.05) is 25.3 Å². The molecule has 6 nitrogen and oxygen atoms in total. The average Bonchev–Trinajstić information content (AvgIpc) is 2.85. The molecule has 7 heteroatoms. The highest BCUT2D eigenvalue weighted by Gasteiger charge is 2.38. The Kier molecular flexibility index (Phi) is 7.50. The fraction of sp³-hybridized carbons (Fsp3) is 0.440. The molecule has 1 aliphatic carbocycles. The molecule has 2 heterocycles. The molecule has 2 aliphatic rings. The Balaban J connectivity index is 1.34. The summed E-state index contributed by atoms with van der Waals surface area (Å²) in [5.41, 5.74) is 0.611. The van der Waals surface area contributed by atoms with Gasteiger partial charge in [0.05, 0.1) is 19.4 Å². The third-order valence-corrected chi connectivity index (χ3v) is 6.30. The maximum absolute atomic E-state index is 14.4. The molecule has 4 rings (SSSR count). The van der Waals surface area contributed by atoms with E-state index in [1.165, 1.54) is 37.6 Å².